The SMILES string of the molecule is FC(F)(F)c1[c]cccc1OC1CC1. The van der Waals surface area contributed by atoms with Gasteiger partial charge in [-0.1, -0.05) is 12.1 Å². The van der Waals surface area contributed by atoms with Gasteiger partial charge in [0.25, 0.3) is 0 Å². The summed E-state index contributed by atoms with van der Waals surface area (Å²) in [6.45, 7) is 0. The van der Waals surface area contributed by atoms with E-state index < -0.39 is 11.7 Å². The van der Waals surface area contributed by atoms with Crippen LogP contribution in [0.4, 0.5) is 13.2 Å². The first kappa shape index (κ1) is 9.37. The highest BCUT2D eigenvalue weighted by atomic mass is 19.4. The van der Waals surface area contributed by atoms with E-state index in [-0.39, 0.29) is 11.9 Å². The normalized spacial score (nSPS) is 16.8. The highest BCUT2D eigenvalue weighted by Crippen LogP contribution is 2.38. The molecular formula is C10H8F3O. The van der Waals surface area contributed by atoms with Crippen LogP contribution < -0.4 is 4.74 Å². The van der Waals surface area contributed by atoms with Gasteiger partial charge in [0.1, 0.15) is 11.3 Å². The van der Waals surface area contributed by atoms with Crippen molar-refractivity contribution in [3.05, 3.63) is 29.8 Å². The Bertz CT molecular complexity index is 328. The van der Waals surface area contributed by atoms with Crippen LogP contribution in [-0.4, -0.2) is 6.10 Å². The predicted molar refractivity (Wildman–Crippen MR) is 43.9 cm³/mol. The zero-order valence-corrected chi connectivity index (χ0v) is 7.27. The lowest BCUT2D eigenvalue weighted by atomic mass is 10.2. The van der Waals surface area contributed by atoms with E-state index in [0.29, 0.717) is 0 Å². The van der Waals surface area contributed by atoms with Crippen LogP contribution in [-0.2, 0) is 6.18 Å². The van der Waals surface area contributed by atoms with E-state index in [1.807, 2.05) is 0 Å². The lowest BCUT2D eigenvalue weighted by molar-refractivity contribution is -0.139. The van der Waals surface area contributed by atoms with E-state index in [9.17, 15) is 13.2 Å². The van der Waals surface area contributed by atoms with Gasteiger partial charge in [0.15, 0.2) is 0 Å². The van der Waals surface area contributed by atoms with Crippen molar-refractivity contribution in [3.8, 4) is 5.75 Å². The second-order valence-corrected chi connectivity index (χ2v) is 3.22. The Hall–Kier alpha value is -1.19. The van der Waals surface area contributed by atoms with Crippen LogP contribution in [0.1, 0.15) is 18.4 Å². The number of ether oxygens (including phenoxy) is 1. The fourth-order valence-corrected chi connectivity index (χ4v) is 1.11. The van der Waals surface area contributed by atoms with Gasteiger partial charge in [-0.15, -0.1) is 0 Å². The number of hydrogen-bond acceptors (Lipinski definition) is 1. The molecule has 0 unspecified atom stereocenters. The van der Waals surface area contributed by atoms with Crippen LogP contribution in [0.3, 0.4) is 0 Å². The Labute approximate surface area is 79.5 Å². The van der Waals surface area contributed by atoms with Crippen LogP contribution in [0.15, 0.2) is 18.2 Å². The maximum atomic E-state index is 12.4. The predicted octanol–water partition coefficient (Wildman–Crippen LogP) is 3.05. The minimum absolute atomic E-state index is 0.0353. The minimum atomic E-state index is -4.38. The third-order valence-corrected chi connectivity index (χ3v) is 1.92. The third kappa shape index (κ3) is 2.00. The summed E-state index contributed by atoms with van der Waals surface area (Å²) in [6, 6.07) is 6.22. The van der Waals surface area contributed by atoms with Gasteiger partial charge in [0.2, 0.25) is 0 Å². The summed E-state index contributed by atoms with van der Waals surface area (Å²) < 4.78 is 42.4. The van der Waals surface area contributed by atoms with E-state index in [4.69, 9.17) is 4.74 Å². The molecule has 1 aromatic rings. The van der Waals surface area contributed by atoms with Crippen LogP contribution in [0, 0.1) is 6.07 Å². The molecule has 0 heterocycles. The summed E-state index contributed by atoms with van der Waals surface area (Å²) in [7, 11) is 0. The fourth-order valence-electron chi connectivity index (χ4n) is 1.11. The number of alkyl halides is 3. The van der Waals surface area contributed by atoms with Gasteiger partial charge in [0, 0.05) is 0 Å². The van der Waals surface area contributed by atoms with E-state index >= 15 is 0 Å². The first-order valence-corrected chi connectivity index (χ1v) is 4.32. The van der Waals surface area contributed by atoms with Crippen LogP contribution in [0.25, 0.3) is 0 Å². The molecule has 0 N–H and O–H groups in total. The Morgan fingerprint density at radius 2 is 2.07 bits per heavy atom. The van der Waals surface area contributed by atoms with Crippen LogP contribution >= 0.6 is 0 Å². The lowest BCUT2D eigenvalue weighted by Crippen LogP contribution is -2.09. The summed E-state index contributed by atoms with van der Waals surface area (Å²) in [5.74, 6) is -0.109. The van der Waals surface area contributed by atoms with Crippen molar-refractivity contribution in [3.63, 3.8) is 0 Å². The zero-order chi connectivity index (χ0) is 10.2. The number of benzene rings is 1. The van der Waals surface area contributed by atoms with E-state index in [0.717, 1.165) is 12.8 Å². The van der Waals surface area contributed by atoms with Gasteiger partial charge < -0.3 is 4.74 Å². The Balaban J connectivity index is 2.27. The average Bonchev–Trinajstić information content (AvgIpc) is 2.87. The Morgan fingerprint density at radius 1 is 1.36 bits per heavy atom. The van der Waals surface area contributed by atoms with E-state index in [1.165, 1.54) is 18.2 Å². The molecule has 0 spiro atoms. The van der Waals surface area contributed by atoms with Gasteiger partial charge in [0.05, 0.1) is 6.10 Å². The Kier molecular flexibility index (Phi) is 2.13. The van der Waals surface area contributed by atoms with Crippen molar-refractivity contribution in [2.24, 2.45) is 0 Å². The molecule has 1 aliphatic carbocycles. The highest BCUT2D eigenvalue weighted by Gasteiger charge is 2.36. The maximum absolute atomic E-state index is 12.4. The molecule has 0 atom stereocenters. The van der Waals surface area contributed by atoms with Gasteiger partial charge >= 0.3 is 6.18 Å². The molecule has 2 rings (SSSR count). The largest absolute Gasteiger partial charge is 0.490 e. The van der Waals surface area contributed by atoms with Crippen LogP contribution in [0.5, 0.6) is 5.75 Å². The standard InChI is InChI=1S/C10H8F3O/c11-10(12,13)8-3-1-2-4-9(8)14-7-5-6-7/h1-2,4,7H,5-6H2. The molecule has 0 aliphatic heterocycles. The van der Waals surface area contributed by atoms with E-state index in [2.05, 4.69) is 6.07 Å². The first-order valence-electron chi connectivity index (χ1n) is 4.32. The lowest BCUT2D eigenvalue weighted by Gasteiger charge is -2.12. The van der Waals surface area contributed by atoms with E-state index in [1.54, 1.807) is 0 Å². The van der Waals surface area contributed by atoms with Crippen LogP contribution in [0.2, 0.25) is 0 Å². The molecular weight excluding hydrogens is 193 g/mol. The maximum Gasteiger partial charge on any atom is 0.420 e. The molecule has 1 nitrogen and oxygen atoms in total. The topological polar surface area (TPSA) is 9.23 Å². The average molecular weight is 201 g/mol. The molecule has 1 aliphatic rings. The quantitative estimate of drug-likeness (QED) is 0.714. The molecule has 4 heteroatoms. The van der Waals surface area contributed by atoms with Gasteiger partial charge in [-0.05, 0) is 25.0 Å². The summed E-state index contributed by atoms with van der Waals surface area (Å²) >= 11 is 0. The number of halogens is 3. The van der Waals surface area contributed by atoms with Gasteiger partial charge in [-0.3, -0.25) is 0 Å². The Morgan fingerprint density at radius 3 is 2.64 bits per heavy atom. The minimum Gasteiger partial charge on any atom is -0.490 e. The second-order valence-electron chi connectivity index (χ2n) is 3.22. The fraction of sp³-hybridized carbons (Fsp3) is 0.400. The van der Waals surface area contributed by atoms with Gasteiger partial charge in [-0.2, -0.15) is 13.2 Å². The molecule has 1 radical (unpaired) electrons. The molecule has 75 valence electrons. The third-order valence-electron chi connectivity index (χ3n) is 1.92. The van der Waals surface area contributed by atoms with Crippen molar-refractivity contribution >= 4 is 0 Å². The number of hydrogen-bond donors (Lipinski definition) is 0. The molecule has 0 amide bonds. The highest BCUT2D eigenvalue weighted by molar-refractivity contribution is 5.35. The molecule has 14 heavy (non-hydrogen) atoms. The summed E-state index contributed by atoms with van der Waals surface area (Å²) in [6.07, 6.45) is -2.74. The summed E-state index contributed by atoms with van der Waals surface area (Å²) in [5.41, 5.74) is -0.813. The molecule has 0 aromatic heterocycles. The van der Waals surface area contributed by atoms with Crippen molar-refractivity contribution in [2.45, 2.75) is 25.1 Å². The molecule has 0 saturated heterocycles. The summed E-state index contributed by atoms with van der Waals surface area (Å²) in [4.78, 5) is 0. The second kappa shape index (κ2) is 3.19. The van der Waals surface area contributed by atoms with Crippen molar-refractivity contribution < 1.29 is 17.9 Å². The first-order chi connectivity index (χ1) is 6.57. The molecule has 0 bridgehead atoms. The van der Waals surface area contributed by atoms with Gasteiger partial charge in [-0.25, -0.2) is 0 Å². The monoisotopic (exact) mass is 201 g/mol. The number of rotatable bonds is 2. The van der Waals surface area contributed by atoms with Crippen molar-refractivity contribution in [2.75, 3.05) is 0 Å². The smallest absolute Gasteiger partial charge is 0.420 e. The van der Waals surface area contributed by atoms with Crippen molar-refractivity contribution in [1.82, 2.24) is 0 Å². The summed E-state index contributed by atoms with van der Waals surface area (Å²) in [5, 5.41) is 0. The molecule has 1 saturated carbocycles. The van der Waals surface area contributed by atoms with Crippen molar-refractivity contribution in [1.29, 1.82) is 0 Å². The zero-order valence-electron chi connectivity index (χ0n) is 7.27. The molecule has 1 fully saturated rings. The molecule has 1 aromatic carbocycles.